The van der Waals surface area contributed by atoms with Gasteiger partial charge < -0.3 is 4.57 Å². The molecule has 2 fully saturated rings. The van der Waals surface area contributed by atoms with E-state index in [0.29, 0.717) is 5.88 Å². The lowest BCUT2D eigenvalue weighted by molar-refractivity contribution is 0.350. The summed E-state index contributed by atoms with van der Waals surface area (Å²) in [6, 6.07) is 5.97. The maximum atomic E-state index is 6.10. The third kappa shape index (κ3) is 2.33. The summed E-state index contributed by atoms with van der Waals surface area (Å²) in [4.78, 5) is 4.65. The number of rotatable bonds is 5. The van der Waals surface area contributed by atoms with Crippen LogP contribution in [0.15, 0.2) is 18.2 Å². The molecule has 1 heterocycles. The summed E-state index contributed by atoms with van der Waals surface area (Å²) in [5.74, 6) is 4.15. The zero-order valence-electron chi connectivity index (χ0n) is 11.4. The lowest BCUT2D eigenvalue weighted by Crippen LogP contribution is -2.16. The molecule has 4 rings (SSSR count). The van der Waals surface area contributed by atoms with Crippen molar-refractivity contribution in [3.63, 3.8) is 0 Å². The molecular weight excluding hydrogens is 291 g/mol. The number of halogens is 2. The second-order valence-corrected chi connectivity index (χ2v) is 6.95. The molecule has 20 heavy (non-hydrogen) atoms. The number of imidazole rings is 1. The Balaban J connectivity index is 1.73. The summed E-state index contributed by atoms with van der Waals surface area (Å²) in [7, 11) is 0. The zero-order valence-corrected chi connectivity index (χ0v) is 12.9. The summed E-state index contributed by atoms with van der Waals surface area (Å²) in [6.07, 6.45) is 5.65. The Morgan fingerprint density at radius 3 is 2.50 bits per heavy atom. The molecule has 2 nitrogen and oxygen atoms in total. The Bertz CT molecular complexity index is 629. The van der Waals surface area contributed by atoms with Gasteiger partial charge in [-0.15, -0.1) is 11.6 Å². The van der Waals surface area contributed by atoms with Gasteiger partial charge in [0.15, 0.2) is 0 Å². The second kappa shape index (κ2) is 4.92. The highest BCUT2D eigenvalue weighted by Crippen LogP contribution is 2.50. The number of hydrogen-bond acceptors (Lipinski definition) is 1. The van der Waals surface area contributed by atoms with Crippen molar-refractivity contribution in [2.24, 2.45) is 17.8 Å². The molecule has 0 unspecified atom stereocenters. The van der Waals surface area contributed by atoms with E-state index >= 15 is 0 Å². The fourth-order valence-electron chi connectivity index (χ4n) is 3.40. The van der Waals surface area contributed by atoms with E-state index in [2.05, 4.69) is 15.6 Å². The molecule has 0 amide bonds. The Kier molecular flexibility index (Phi) is 3.19. The van der Waals surface area contributed by atoms with Crippen molar-refractivity contribution in [3.8, 4) is 0 Å². The summed E-state index contributed by atoms with van der Waals surface area (Å²) in [5.41, 5.74) is 2.15. The molecule has 2 aromatic rings. The van der Waals surface area contributed by atoms with Crippen molar-refractivity contribution < 1.29 is 0 Å². The van der Waals surface area contributed by atoms with Gasteiger partial charge in [-0.25, -0.2) is 4.98 Å². The van der Waals surface area contributed by atoms with Crippen LogP contribution in [-0.2, 0) is 12.4 Å². The van der Waals surface area contributed by atoms with E-state index in [1.165, 1.54) is 31.2 Å². The predicted octanol–water partition coefficient (Wildman–Crippen LogP) is 4.86. The van der Waals surface area contributed by atoms with Gasteiger partial charge >= 0.3 is 0 Å². The third-order valence-electron chi connectivity index (χ3n) is 4.76. The second-order valence-electron chi connectivity index (χ2n) is 6.24. The number of nitrogens with zero attached hydrogens (tertiary/aromatic N) is 2. The molecular formula is C16H18Cl2N2. The van der Waals surface area contributed by atoms with Crippen molar-refractivity contribution in [2.75, 3.05) is 0 Å². The monoisotopic (exact) mass is 308 g/mol. The first-order chi connectivity index (χ1) is 9.76. The normalized spacial score (nSPS) is 19.1. The lowest BCUT2D eigenvalue weighted by Gasteiger charge is -2.18. The first kappa shape index (κ1) is 13.0. The van der Waals surface area contributed by atoms with Crippen LogP contribution in [0.4, 0.5) is 0 Å². The van der Waals surface area contributed by atoms with Crippen LogP contribution in [-0.4, -0.2) is 9.55 Å². The summed E-state index contributed by atoms with van der Waals surface area (Å²) < 4.78 is 2.33. The number of alkyl halides is 1. The number of benzene rings is 1. The maximum absolute atomic E-state index is 6.10. The maximum Gasteiger partial charge on any atom is 0.124 e. The van der Waals surface area contributed by atoms with E-state index in [0.717, 1.165) is 40.7 Å². The van der Waals surface area contributed by atoms with E-state index in [-0.39, 0.29) is 0 Å². The Morgan fingerprint density at radius 1 is 1.20 bits per heavy atom. The van der Waals surface area contributed by atoms with Gasteiger partial charge in [0.25, 0.3) is 0 Å². The molecule has 1 aromatic heterocycles. The molecule has 0 aliphatic heterocycles. The fraction of sp³-hybridized carbons (Fsp3) is 0.562. The van der Waals surface area contributed by atoms with E-state index in [9.17, 15) is 0 Å². The van der Waals surface area contributed by atoms with E-state index < -0.39 is 0 Å². The van der Waals surface area contributed by atoms with Crippen molar-refractivity contribution in [1.29, 1.82) is 0 Å². The average molecular weight is 309 g/mol. The molecule has 0 bridgehead atoms. The third-order valence-corrected chi connectivity index (χ3v) is 5.23. The smallest absolute Gasteiger partial charge is 0.124 e. The minimum atomic E-state index is 0.467. The minimum absolute atomic E-state index is 0.467. The molecule has 0 radical (unpaired) electrons. The van der Waals surface area contributed by atoms with Gasteiger partial charge in [0.2, 0.25) is 0 Å². The van der Waals surface area contributed by atoms with Crippen molar-refractivity contribution in [2.45, 2.75) is 38.1 Å². The van der Waals surface area contributed by atoms with Crippen LogP contribution in [0.2, 0.25) is 5.02 Å². The van der Waals surface area contributed by atoms with Gasteiger partial charge in [0.05, 0.1) is 16.9 Å². The summed E-state index contributed by atoms with van der Waals surface area (Å²) in [6.45, 7) is 1.08. The molecule has 106 valence electrons. The first-order valence-corrected chi connectivity index (χ1v) is 8.38. The van der Waals surface area contributed by atoms with Crippen LogP contribution in [0.1, 0.15) is 31.5 Å². The van der Waals surface area contributed by atoms with Crippen LogP contribution in [0.5, 0.6) is 0 Å². The highest BCUT2D eigenvalue weighted by Gasteiger charge is 2.41. The Labute approximate surface area is 129 Å². The summed E-state index contributed by atoms with van der Waals surface area (Å²) in [5, 5.41) is 0.740. The van der Waals surface area contributed by atoms with E-state index in [1.807, 2.05) is 12.1 Å². The standard InChI is InChI=1S/C16H18Cl2N2/c17-8-16-19-14-7-12(18)5-6-15(14)20(16)9-13(10-1-2-10)11-3-4-11/h5-7,10-11,13H,1-4,8-9H2. The fourth-order valence-corrected chi connectivity index (χ4v) is 3.77. The van der Waals surface area contributed by atoms with Crippen LogP contribution >= 0.6 is 23.2 Å². The van der Waals surface area contributed by atoms with Crippen molar-refractivity contribution >= 4 is 34.2 Å². The SMILES string of the molecule is ClCc1nc2cc(Cl)ccc2n1CC(C1CC1)C1CC1. The molecule has 4 heteroatoms. The highest BCUT2D eigenvalue weighted by atomic mass is 35.5. The molecule has 0 N–H and O–H groups in total. The average Bonchev–Trinajstić information content (AvgIpc) is 3.33. The van der Waals surface area contributed by atoms with Crippen LogP contribution in [0.3, 0.4) is 0 Å². The summed E-state index contributed by atoms with van der Waals surface area (Å²) >= 11 is 12.2. The van der Waals surface area contributed by atoms with Crippen LogP contribution in [0, 0.1) is 17.8 Å². The van der Waals surface area contributed by atoms with Gasteiger partial charge in [-0.3, -0.25) is 0 Å². The molecule has 2 saturated carbocycles. The van der Waals surface area contributed by atoms with Gasteiger partial charge in [0.1, 0.15) is 5.82 Å². The quantitative estimate of drug-likeness (QED) is 0.721. The highest BCUT2D eigenvalue weighted by molar-refractivity contribution is 6.31. The van der Waals surface area contributed by atoms with Gasteiger partial charge in [-0.2, -0.15) is 0 Å². The predicted molar refractivity (Wildman–Crippen MR) is 83.2 cm³/mol. The molecule has 0 atom stereocenters. The molecule has 0 saturated heterocycles. The van der Waals surface area contributed by atoms with Crippen molar-refractivity contribution in [3.05, 3.63) is 29.0 Å². The van der Waals surface area contributed by atoms with Gasteiger partial charge in [-0.1, -0.05) is 11.6 Å². The molecule has 2 aliphatic carbocycles. The van der Waals surface area contributed by atoms with Crippen molar-refractivity contribution in [1.82, 2.24) is 9.55 Å². The lowest BCUT2D eigenvalue weighted by atomic mass is 9.98. The van der Waals surface area contributed by atoms with Gasteiger partial charge in [0, 0.05) is 11.6 Å². The largest absolute Gasteiger partial charge is 0.327 e. The van der Waals surface area contributed by atoms with Crippen LogP contribution < -0.4 is 0 Å². The Morgan fingerprint density at radius 2 is 1.90 bits per heavy atom. The number of hydrogen-bond donors (Lipinski definition) is 0. The van der Waals surface area contributed by atoms with Gasteiger partial charge in [-0.05, 0) is 61.6 Å². The van der Waals surface area contributed by atoms with Crippen LogP contribution in [0.25, 0.3) is 11.0 Å². The molecule has 2 aliphatic rings. The van der Waals surface area contributed by atoms with E-state index in [1.54, 1.807) is 0 Å². The van der Waals surface area contributed by atoms with E-state index in [4.69, 9.17) is 23.2 Å². The minimum Gasteiger partial charge on any atom is -0.327 e. The first-order valence-electron chi connectivity index (χ1n) is 7.47. The molecule has 0 spiro atoms. The zero-order chi connectivity index (χ0) is 13.7. The topological polar surface area (TPSA) is 17.8 Å². The number of aromatic nitrogens is 2. The Hall–Kier alpha value is -0.730. The molecule has 1 aromatic carbocycles. The number of fused-ring (bicyclic) bond motifs is 1.